The summed E-state index contributed by atoms with van der Waals surface area (Å²) in [5, 5.41) is 3.53. The number of H-pyrrole nitrogens is 1. The number of ketones is 1. The summed E-state index contributed by atoms with van der Waals surface area (Å²) in [6.45, 7) is 4.25. The third kappa shape index (κ3) is 5.02. The lowest BCUT2D eigenvalue weighted by atomic mass is 9.49. The Hall–Kier alpha value is -3.42. The summed E-state index contributed by atoms with van der Waals surface area (Å²) >= 11 is 0. The molecule has 2 N–H and O–H groups in total. The zero-order valence-corrected chi connectivity index (χ0v) is 27.3. The summed E-state index contributed by atoms with van der Waals surface area (Å²) in [5.74, 6) is 4.68. The molecule has 1 saturated heterocycles. The minimum Gasteiger partial charge on any atom is -0.463 e. The van der Waals surface area contributed by atoms with Crippen molar-refractivity contribution in [1.29, 1.82) is 0 Å². The van der Waals surface area contributed by atoms with Gasteiger partial charge in [-0.3, -0.25) is 9.59 Å². The van der Waals surface area contributed by atoms with Gasteiger partial charge in [0.05, 0.1) is 23.5 Å². The first-order valence-corrected chi connectivity index (χ1v) is 17.9. The number of rotatable bonds is 4. The third-order valence-corrected chi connectivity index (χ3v) is 13.1. The van der Waals surface area contributed by atoms with Crippen LogP contribution in [-0.4, -0.2) is 50.8 Å². The van der Waals surface area contributed by atoms with Gasteiger partial charge in [-0.1, -0.05) is 30.3 Å². The van der Waals surface area contributed by atoms with E-state index in [0.717, 1.165) is 79.4 Å². The molecule has 1 aromatic heterocycles. The maximum absolute atomic E-state index is 14.2. The number of Topliss-reactive ketones (excluding diaryl/α,β-unsaturated/α-hetero) is 1. The van der Waals surface area contributed by atoms with Crippen molar-refractivity contribution in [3.05, 3.63) is 53.5 Å². The van der Waals surface area contributed by atoms with Crippen molar-refractivity contribution in [2.45, 2.75) is 109 Å². The highest BCUT2D eigenvalue weighted by Crippen LogP contribution is 2.61. The van der Waals surface area contributed by atoms with Crippen LogP contribution in [0.5, 0.6) is 0 Å². The predicted molar refractivity (Wildman–Crippen MR) is 174 cm³/mol. The normalized spacial score (nSPS) is 36.8. The fourth-order valence-electron chi connectivity index (χ4n) is 11.3. The number of esters is 1. The Labute approximate surface area is 272 Å². The molecule has 6 aliphatic rings. The number of nitrogens with one attached hydrogen (secondary N) is 2. The molecule has 2 amide bonds. The van der Waals surface area contributed by atoms with Crippen LogP contribution in [0.15, 0.2) is 47.7 Å². The quantitative estimate of drug-likeness (QED) is 0.352. The van der Waals surface area contributed by atoms with Gasteiger partial charge in [-0.25, -0.2) is 9.78 Å². The van der Waals surface area contributed by atoms with E-state index in [0.29, 0.717) is 36.6 Å². The molecular weight excluding hydrogens is 576 g/mol. The van der Waals surface area contributed by atoms with E-state index >= 15 is 0 Å². The number of carbonyl (C=O) groups is 3. The van der Waals surface area contributed by atoms with Gasteiger partial charge in [-0.05, 0) is 130 Å². The number of imidazole rings is 1. The van der Waals surface area contributed by atoms with Gasteiger partial charge in [0.25, 0.3) is 0 Å². The number of hydrogen-bond donors (Lipinski definition) is 2. The van der Waals surface area contributed by atoms with Gasteiger partial charge in [-0.2, -0.15) is 0 Å². The van der Waals surface area contributed by atoms with Crippen LogP contribution in [-0.2, 0) is 14.3 Å². The Morgan fingerprint density at radius 3 is 2.59 bits per heavy atom. The minimum absolute atomic E-state index is 0.0580. The summed E-state index contributed by atoms with van der Waals surface area (Å²) in [4.78, 5) is 49.4. The van der Waals surface area contributed by atoms with Crippen LogP contribution >= 0.6 is 0 Å². The van der Waals surface area contributed by atoms with Crippen molar-refractivity contribution in [2.75, 3.05) is 6.54 Å². The number of likely N-dealkylation sites (tertiary alicyclic amines) is 1. The number of aromatic nitrogens is 2. The average Bonchev–Trinajstić information content (AvgIpc) is 3.79. The smallest absolute Gasteiger partial charge is 0.318 e. The fourth-order valence-corrected chi connectivity index (χ4v) is 11.3. The van der Waals surface area contributed by atoms with Crippen molar-refractivity contribution in [2.24, 2.45) is 35.5 Å². The largest absolute Gasteiger partial charge is 0.463 e. The number of amides is 2. The molecule has 8 heteroatoms. The Balaban J connectivity index is 0.989. The van der Waals surface area contributed by atoms with Crippen molar-refractivity contribution < 1.29 is 19.1 Å². The molecular formula is C38H48N4O4. The average molecular weight is 625 g/mol. The van der Waals surface area contributed by atoms with Crippen LogP contribution in [0.3, 0.4) is 0 Å². The molecule has 8 rings (SSSR count). The summed E-state index contributed by atoms with van der Waals surface area (Å²) < 4.78 is 5.64. The minimum atomic E-state index is -0.558. The van der Waals surface area contributed by atoms with Crippen molar-refractivity contribution in [3.8, 4) is 11.3 Å². The molecule has 0 radical (unpaired) electrons. The number of fused-ring (bicyclic) bond motifs is 7. The highest BCUT2D eigenvalue weighted by atomic mass is 16.5. The summed E-state index contributed by atoms with van der Waals surface area (Å²) in [7, 11) is 0. The summed E-state index contributed by atoms with van der Waals surface area (Å²) in [5.41, 5.74) is 3.67. The highest BCUT2D eigenvalue weighted by molar-refractivity contribution is 6.01. The van der Waals surface area contributed by atoms with E-state index in [9.17, 15) is 14.4 Å². The predicted octanol–water partition coefficient (Wildman–Crippen LogP) is 7.15. The first-order chi connectivity index (χ1) is 22.3. The van der Waals surface area contributed by atoms with Crippen LogP contribution < -0.4 is 5.32 Å². The number of aromatic amines is 1. The molecule has 5 fully saturated rings. The molecule has 0 spiro atoms. The lowest BCUT2D eigenvalue weighted by molar-refractivity contribution is -0.151. The maximum Gasteiger partial charge on any atom is 0.318 e. The number of ether oxygens (including phenoxy) is 1. The molecule has 1 aliphatic heterocycles. The zero-order chi connectivity index (χ0) is 31.6. The van der Waals surface area contributed by atoms with E-state index in [4.69, 9.17) is 9.72 Å². The van der Waals surface area contributed by atoms with E-state index in [2.05, 4.69) is 22.4 Å². The second kappa shape index (κ2) is 11.7. The van der Waals surface area contributed by atoms with Gasteiger partial charge < -0.3 is 19.9 Å². The molecule has 4 saturated carbocycles. The lowest BCUT2D eigenvalue weighted by Crippen LogP contribution is -2.59. The molecule has 46 heavy (non-hydrogen) atoms. The second-order valence-electron chi connectivity index (χ2n) is 15.3. The van der Waals surface area contributed by atoms with Crippen LogP contribution in [0.25, 0.3) is 11.3 Å². The van der Waals surface area contributed by atoms with E-state index in [-0.39, 0.29) is 29.9 Å². The van der Waals surface area contributed by atoms with E-state index in [1.165, 1.54) is 38.2 Å². The number of benzene rings is 1. The number of urea groups is 1. The Morgan fingerprint density at radius 1 is 0.978 bits per heavy atom. The van der Waals surface area contributed by atoms with Crippen LogP contribution in [0.1, 0.15) is 103 Å². The highest BCUT2D eigenvalue weighted by Gasteiger charge is 2.58. The summed E-state index contributed by atoms with van der Waals surface area (Å²) in [6.07, 6.45) is 14.1. The van der Waals surface area contributed by atoms with Crippen LogP contribution in [0.4, 0.5) is 4.79 Å². The summed E-state index contributed by atoms with van der Waals surface area (Å²) in [6, 6.07) is 10.0. The van der Waals surface area contributed by atoms with Crippen molar-refractivity contribution in [1.82, 2.24) is 20.2 Å². The monoisotopic (exact) mass is 624 g/mol. The van der Waals surface area contributed by atoms with Crippen molar-refractivity contribution >= 4 is 17.8 Å². The molecule has 9 atom stereocenters. The van der Waals surface area contributed by atoms with E-state index < -0.39 is 5.54 Å². The van der Waals surface area contributed by atoms with Gasteiger partial charge in [0.2, 0.25) is 0 Å². The lowest BCUT2D eigenvalue weighted by Gasteiger charge is -2.57. The number of carbonyl (C=O) groups excluding carboxylic acids is 3. The number of allylic oxidation sites excluding steroid dienone is 1. The SMILES string of the molecule is CC(=O)OC1CCC2C(CCC3C4CCC5(NC(=O)N6CCC[C@H]6c6ncc(-c7ccccc7)[nH]6)CC(=O)C(C)=C5C4CCC23)C1. The molecule has 244 valence electrons. The Bertz CT molecular complexity index is 1550. The number of hydrogen-bond acceptors (Lipinski definition) is 5. The van der Waals surface area contributed by atoms with Crippen molar-refractivity contribution in [3.63, 3.8) is 0 Å². The van der Waals surface area contributed by atoms with Crippen LogP contribution in [0.2, 0.25) is 0 Å². The van der Waals surface area contributed by atoms with Gasteiger partial charge in [-0.15, -0.1) is 0 Å². The molecule has 5 aliphatic carbocycles. The number of nitrogens with zero attached hydrogens (tertiary/aromatic N) is 2. The van der Waals surface area contributed by atoms with E-state index in [1.807, 2.05) is 36.2 Å². The standard InChI is InChI=1S/C38H48N4O4/c1-22-34(44)20-38(41-37(45)42-18-6-9-33(42)36-39-21-32(40-36)24-7-4-3-5-8-24)17-16-30-29-12-10-25-19-26(46-23(2)43)11-13-27(25)28(29)14-15-31(30)35(22)38/h3-5,7-8,21,25-31,33H,6,9-20H2,1-2H3,(H,39,40)(H,41,45)/t25?,26?,27?,28?,29?,30?,31?,33-,38?/m0/s1. The first-order valence-electron chi connectivity index (χ1n) is 17.9. The molecule has 2 heterocycles. The van der Waals surface area contributed by atoms with E-state index in [1.54, 1.807) is 0 Å². The molecule has 8 nitrogen and oxygen atoms in total. The van der Waals surface area contributed by atoms with Gasteiger partial charge in [0.1, 0.15) is 11.9 Å². The molecule has 2 aromatic rings. The maximum atomic E-state index is 14.2. The second-order valence-corrected chi connectivity index (χ2v) is 15.3. The molecule has 0 bridgehead atoms. The zero-order valence-electron chi connectivity index (χ0n) is 27.3. The molecule has 8 unspecified atom stereocenters. The van der Waals surface area contributed by atoms with Crippen LogP contribution in [0, 0.1) is 35.5 Å². The molecule has 1 aromatic carbocycles. The Kier molecular flexibility index (Phi) is 7.60. The Morgan fingerprint density at radius 2 is 1.76 bits per heavy atom. The van der Waals surface area contributed by atoms with Gasteiger partial charge in [0.15, 0.2) is 5.78 Å². The first kappa shape index (κ1) is 29.9. The van der Waals surface area contributed by atoms with Gasteiger partial charge in [0, 0.05) is 19.9 Å². The fraction of sp³-hybridized carbons (Fsp3) is 0.632. The third-order valence-electron chi connectivity index (χ3n) is 13.1. The van der Waals surface area contributed by atoms with Gasteiger partial charge >= 0.3 is 12.0 Å². The topological polar surface area (TPSA) is 104 Å².